The van der Waals surface area contributed by atoms with Gasteiger partial charge in [-0.2, -0.15) is 0 Å². The summed E-state index contributed by atoms with van der Waals surface area (Å²) in [5.41, 5.74) is 6.68. The minimum Gasteiger partial charge on any atom is -0.481 e. The lowest BCUT2D eigenvalue weighted by atomic mass is 10.1. The zero-order valence-electron chi connectivity index (χ0n) is 9.23. The number of halogens is 1. The van der Waals surface area contributed by atoms with Crippen molar-refractivity contribution in [1.82, 2.24) is 0 Å². The summed E-state index contributed by atoms with van der Waals surface area (Å²) in [5.74, 6) is -0.870. The first-order chi connectivity index (χ1) is 8.06. The van der Waals surface area contributed by atoms with Crippen molar-refractivity contribution >= 4 is 33.7 Å². The Morgan fingerprint density at radius 2 is 2.29 bits per heavy atom. The molecule has 0 saturated heterocycles. The van der Waals surface area contributed by atoms with Crippen LogP contribution in [0.25, 0.3) is 0 Å². The lowest BCUT2D eigenvalue weighted by molar-refractivity contribution is -0.137. The molecule has 3 N–H and O–H groups in total. The van der Waals surface area contributed by atoms with Crippen molar-refractivity contribution < 1.29 is 9.90 Å². The number of hydrogen-bond acceptors (Lipinski definition) is 3. The van der Waals surface area contributed by atoms with Crippen molar-refractivity contribution in [3.63, 3.8) is 0 Å². The molecule has 0 aliphatic heterocycles. The highest BCUT2D eigenvalue weighted by Crippen LogP contribution is 2.42. The van der Waals surface area contributed by atoms with E-state index in [1.807, 2.05) is 30.0 Å². The standard InChI is InChI=1S/C12H14BrNO2S/c13-9-5-7(10(14)6-12(15)16)1-4-11(9)17-8-2-3-8/h1,4-5,8,10H,2-3,6,14H2,(H,15,16). The van der Waals surface area contributed by atoms with E-state index in [1.165, 1.54) is 17.7 Å². The van der Waals surface area contributed by atoms with Crippen LogP contribution >= 0.6 is 27.7 Å². The molecular weight excluding hydrogens is 302 g/mol. The molecule has 1 unspecified atom stereocenters. The molecule has 1 aliphatic rings. The SMILES string of the molecule is NC(CC(=O)O)c1ccc(SC2CC2)c(Br)c1. The van der Waals surface area contributed by atoms with E-state index in [0.717, 1.165) is 15.3 Å². The molecule has 1 atom stereocenters. The number of benzene rings is 1. The summed E-state index contributed by atoms with van der Waals surface area (Å²) in [6.07, 6.45) is 2.54. The third kappa shape index (κ3) is 3.72. The van der Waals surface area contributed by atoms with Gasteiger partial charge in [-0.25, -0.2) is 0 Å². The van der Waals surface area contributed by atoms with E-state index in [9.17, 15) is 4.79 Å². The van der Waals surface area contributed by atoms with Gasteiger partial charge in [0.15, 0.2) is 0 Å². The average Bonchev–Trinajstić information content (AvgIpc) is 3.04. The fourth-order valence-corrected chi connectivity index (χ4v) is 3.24. The predicted molar refractivity (Wildman–Crippen MR) is 72.2 cm³/mol. The van der Waals surface area contributed by atoms with Gasteiger partial charge in [0.1, 0.15) is 0 Å². The van der Waals surface area contributed by atoms with Crippen LogP contribution in [0, 0.1) is 0 Å². The van der Waals surface area contributed by atoms with Gasteiger partial charge in [0.05, 0.1) is 6.42 Å². The lowest BCUT2D eigenvalue weighted by Gasteiger charge is -2.11. The van der Waals surface area contributed by atoms with E-state index >= 15 is 0 Å². The zero-order valence-corrected chi connectivity index (χ0v) is 11.6. The summed E-state index contributed by atoms with van der Waals surface area (Å²) in [7, 11) is 0. The Morgan fingerprint density at radius 3 is 2.82 bits per heavy atom. The van der Waals surface area contributed by atoms with E-state index in [-0.39, 0.29) is 6.42 Å². The quantitative estimate of drug-likeness (QED) is 0.876. The maximum absolute atomic E-state index is 10.6. The minimum absolute atomic E-state index is 0.0401. The third-order valence-electron chi connectivity index (χ3n) is 2.60. The smallest absolute Gasteiger partial charge is 0.305 e. The maximum Gasteiger partial charge on any atom is 0.305 e. The molecule has 1 saturated carbocycles. The van der Waals surface area contributed by atoms with Crippen LogP contribution in [0.5, 0.6) is 0 Å². The summed E-state index contributed by atoms with van der Waals surface area (Å²) in [5, 5.41) is 9.45. The number of rotatable bonds is 5. The highest BCUT2D eigenvalue weighted by Gasteiger charge is 2.23. The van der Waals surface area contributed by atoms with Crippen LogP contribution in [0.15, 0.2) is 27.6 Å². The van der Waals surface area contributed by atoms with Crippen molar-refractivity contribution in [2.24, 2.45) is 5.73 Å². The largest absolute Gasteiger partial charge is 0.481 e. The van der Waals surface area contributed by atoms with Gasteiger partial charge >= 0.3 is 5.97 Å². The lowest BCUT2D eigenvalue weighted by Crippen LogP contribution is -2.14. The second-order valence-corrected chi connectivity index (χ2v) is 6.41. The Balaban J connectivity index is 2.08. The number of thioether (sulfide) groups is 1. The first-order valence-electron chi connectivity index (χ1n) is 5.49. The predicted octanol–water partition coefficient (Wildman–Crippen LogP) is 3.18. The minimum atomic E-state index is -0.870. The van der Waals surface area contributed by atoms with Gasteiger partial charge < -0.3 is 10.8 Å². The molecule has 0 spiro atoms. The first kappa shape index (κ1) is 12.9. The molecule has 1 fully saturated rings. The number of hydrogen-bond donors (Lipinski definition) is 2. The Labute approximate surface area is 113 Å². The summed E-state index contributed by atoms with van der Waals surface area (Å²) < 4.78 is 1.01. The van der Waals surface area contributed by atoms with E-state index in [4.69, 9.17) is 10.8 Å². The highest BCUT2D eigenvalue weighted by molar-refractivity contribution is 9.10. The number of aliphatic carboxylic acids is 1. The van der Waals surface area contributed by atoms with Gasteiger partial charge in [-0.1, -0.05) is 6.07 Å². The molecule has 1 aromatic rings. The topological polar surface area (TPSA) is 63.3 Å². The van der Waals surface area contributed by atoms with Gasteiger partial charge in [-0.15, -0.1) is 11.8 Å². The molecule has 0 aromatic heterocycles. The number of carboxylic acids is 1. The van der Waals surface area contributed by atoms with E-state index in [2.05, 4.69) is 15.9 Å². The summed E-state index contributed by atoms with van der Waals surface area (Å²) >= 11 is 5.38. The van der Waals surface area contributed by atoms with Gasteiger partial charge in [0.2, 0.25) is 0 Å². The number of carbonyl (C=O) groups is 1. The monoisotopic (exact) mass is 315 g/mol. The van der Waals surface area contributed by atoms with E-state index < -0.39 is 12.0 Å². The number of carboxylic acid groups (broad SMARTS) is 1. The van der Waals surface area contributed by atoms with Gasteiger partial charge in [-0.05, 0) is 46.5 Å². The molecule has 0 radical (unpaired) electrons. The Hall–Kier alpha value is -0.520. The fraction of sp³-hybridized carbons (Fsp3) is 0.417. The molecule has 0 bridgehead atoms. The second-order valence-electron chi connectivity index (χ2n) is 4.21. The molecule has 1 aliphatic carbocycles. The molecular formula is C12H14BrNO2S. The van der Waals surface area contributed by atoms with Crippen LogP contribution in [-0.2, 0) is 4.79 Å². The maximum atomic E-state index is 10.6. The van der Waals surface area contributed by atoms with Crippen molar-refractivity contribution in [2.45, 2.75) is 35.4 Å². The van der Waals surface area contributed by atoms with Crippen molar-refractivity contribution in [1.29, 1.82) is 0 Å². The average molecular weight is 316 g/mol. The molecule has 3 nitrogen and oxygen atoms in total. The van der Waals surface area contributed by atoms with Crippen LogP contribution in [0.1, 0.15) is 30.9 Å². The van der Waals surface area contributed by atoms with Gasteiger partial charge in [-0.3, -0.25) is 4.79 Å². The molecule has 5 heteroatoms. The fourth-order valence-electron chi connectivity index (χ4n) is 1.51. The summed E-state index contributed by atoms with van der Waals surface area (Å²) in [4.78, 5) is 11.8. The Kier molecular flexibility index (Phi) is 4.12. The van der Waals surface area contributed by atoms with Crippen molar-refractivity contribution in [3.05, 3.63) is 28.2 Å². The van der Waals surface area contributed by atoms with Crippen LogP contribution in [0.2, 0.25) is 0 Å². The highest BCUT2D eigenvalue weighted by atomic mass is 79.9. The Morgan fingerprint density at radius 1 is 1.59 bits per heavy atom. The van der Waals surface area contributed by atoms with E-state index in [0.29, 0.717) is 0 Å². The van der Waals surface area contributed by atoms with Gasteiger partial charge in [0, 0.05) is 20.7 Å². The molecule has 17 heavy (non-hydrogen) atoms. The summed E-state index contributed by atoms with van der Waals surface area (Å²) in [6.45, 7) is 0. The van der Waals surface area contributed by atoms with E-state index in [1.54, 1.807) is 0 Å². The van der Waals surface area contributed by atoms with Crippen LogP contribution in [0.3, 0.4) is 0 Å². The first-order valence-corrected chi connectivity index (χ1v) is 7.17. The van der Waals surface area contributed by atoms with Crippen LogP contribution in [-0.4, -0.2) is 16.3 Å². The van der Waals surface area contributed by atoms with Crippen molar-refractivity contribution in [2.75, 3.05) is 0 Å². The van der Waals surface area contributed by atoms with Gasteiger partial charge in [0.25, 0.3) is 0 Å². The second kappa shape index (κ2) is 5.42. The zero-order chi connectivity index (χ0) is 12.4. The molecule has 0 amide bonds. The molecule has 1 aromatic carbocycles. The molecule has 0 heterocycles. The normalized spacial score (nSPS) is 16.8. The van der Waals surface area contributed by atoms with Crippen LogP contribution in [0.4, 0.5) is 0 Å². The summed E-state index contributed by atoms with van der Waals surface area (Å²) in [6, 6.07) is 5.43. The third-order valence-corrected chi connectivity index (χ3v) is 4.93. The Bertz CT molecular complexity index is 435. The molecule has 2 rings (SSSR count). The van der Waals surface area contributed by atoms with Crippen molar-refractivity contribution in [3.8, 4) is 0 Å². The van der Waals surface area contributed by atoms with Crippen LogP contribution < -0.4 is 5.73 Å². The number of nitrogens with two attached hydrogens (primary N) is 1. The molecule has 92 valence electrons.